The summed E-state index contributed by atoms with van der Waals surface area (Å²) in [6.45, 7) is 0. The fourth-order valence-electron chi connectivity index (χ4n) is 2.02. The molecule has 1 aromatic heterocycles. The Hall–Kier alpha value is -2.39. The molecule has 0 atom stereocenters. The minimum atomic E-state index is -0.243. The molecule has 2 aromatic carbocycles. The van der Waals surface area contributed by atoms with Crippen LogP contribution in [0.3, 0.4) is 0 Å². The molecule has 0 unspecified atom stereocenters. The quantitative estimate of drug-likeness (QED) is 0.767. The number of nitrogens with one attached hydrogen (secondary N) is 1. The second-order valence-corrected chi connectivity index (χ2v) is 4.78. The summed E-state index contributed by atoms with van der Waals surface area (Å²) in [5.41, 5.74) is 1.15. The van der Waals surface area contributed by atoms with Crippen molar-refractivity contribution in [2.24, 2.45) is 0 Å². The van der Waals surface area contributed by atoms with Gasteiger partial charge in [0.2, 0.25) is 0 Å². The third-order valence-electron chi connectivity index (χ3n) is 3.02. The van der Waals surface area contributed by atoms with Gasteiger partial charge < -0.3 is 5.32 Å². The first-order valence-electron chi connectivity index (χ1n) is 6.14. The Morgan fingerprint density at radius 3 is 2.65 bits per heavy atom. The van der Waals surface area contributed by atoms with Gasteiger partial charge in [0.1, 0.15) is 0 Å². The van der Waals surface area contributed by atoms with Crippen molar-refractivity contribution >= 4 is 34.0 Å². The Kier molecular flexibility index (Phi) is 3.35. The molecule has 1 N–H and O–H groups in total. The van der Waals surface area contributed by atoms with Crippen LogP contribution in [-0.2, 0) is 0 Å². The lowest BCUT2D eigenvalue weighted by atomic mass is 10.1. The Morgan fingerprint density at radius 1 is 1.05 bits per heavy atom. The number of nitrogens with zero attached hydrogens (tertiary/aromatic N) is 1. The van der Waals surface area contributed by atoms with Crippen LogP contribution in [0.4, 0.5) is 5.69 Å². The maximum absolute atomic E-state index is 12.1. The van der Waals surface area contributed by atoms with E-state index in [2.05, 4.69) is 10.3 Å². The van der Waals surface area contributed by atoms with E-state index in [-0.39, 0.29) is 5.91 Å². The van der Waals surface area contributed by atoms with E-state index in [1.807, 2.05) is 42.5 Å². The summed E-state index contributed by atoms with van der Waals surface area (Å²) in [6, 6.07) is 15.4. The van der Waals surface area contributed by atoms with E-state index in [1.165, 1.54) is 6.20 Å². The number of amides is 1. The highest BCUT2D eigenvalue weighted by Crippen LogP contribution is 2.20. The summed E-state index contributed by atoms with van der Waals surface area (Å²) >= 11 is 5.96. The van der Waals surface area contributed by atoms with E-state index in [0.717, 1.165) is 16.5 Å². The second kappa shape index (κ2) is 5.31. The molecule has 4 heteroatoms. The summed E-state index contributed by atoms with van der Waals surface area (Å²) < 4.78 is 0. The largest absolute Gasteiger partial charge is 0.322 e. The van der Waals surface area contributed by atoms with Gasteiger partial charge in [-0.15, -0.1) is 0 Å². The van der Waals surface area contributed by atoms with Crippen molar-refractivity contribution in [3.05, 3.63) is 71.5 Å². The third-order valence-corrected chi connectivity index (χ3v) is 3.33. The zero-order chi connectivity index (χ0) is 13.9. The number of anilines is 1. The molecule has 0 aliphatic rings. The van der Waals surface area contributed by atoms with Gasteiger partial charge in [-0.25, -0.2) is 0 Å². The topological polar surface area (TPSA) is 42.0 Å². The van der Waals surface area contributed by atoms with Crippen molar-refractivity contribution < 1.29 is 4.79 Å². The fourth-order valence-corrected chi connectivity index (χ4v) is 2.23. The Balaban J connectivity index is 1.89. The van der Waals surface area contributed by atoms with E-state index in [0.29, 0.717) is 10.6 Å². The number of pyridine rings is 1. The predicted molar refractivity (Wildman–Crippen MR) is 81.1 cm³/mol. The van der Waals surface area contributed by atoms with Gasteiger partial charge in [0.05, 0.1) is 10.6 Å². The van der Waals surface area contributed by atoms with Crippen molar-refractivity contribution in [3.63, 3.8) is 0 Å². The zero-order valence-corrected chi connectivity index (χ0v) is 11.3. The van der Waals surface area contributed by atoms with Crippen LogP contribution in [0.5, 0.6) is 0 Å². The Bertz CT molecular complexity index is 786. The van der Waals surface area contributed by atoms with Gasteiger partial charge in [0, 0.05) is 18.1 Å². The predicted octanol–water partition coefficient (Wildman–Crippen LogP) is 4.14. The van der Waals surface area contributed by atoms with E-state index in [1.54, 1.807) is 12.3 Å². The SMILES string of the molecule is O=C(Nc1ccc2ccccc2c1)c1ccncc1Cl. The molecular formula is C16H11ClN2O. The monoisotopic (exact) mass is 282 g/mol. The van der Waals surface area contributed by atoms with E-state index < -0.39 is 0 Å². The maximum Gasteiger partial charge on any atom is 0.257 e. The van der Waals surface area contributed by atoms with E-state index >= 15 is 0 Å². The lowest BCUT2D eigenvalue weighted by molar-refractivity contribution is 0.102. The van der Waals surface area contributed by atoms with Gasteiger partial charge in [-0.1, -0.05) is 41.9 Å². The van der Waals surface area contributed by atoms with Crippen LogP contribution in [0.2, 0.25) is 5.02 Å². The van der Waals surface area contributed by atoms with Crippen molar-refractivity contribution in [1.82, 2.24) is 4.98 Å². The summed E-state index contributed by atoms with van der Waals surface area (Å²) in [7, 11) is 0. The van der Waals surface area contributed by atoms with E-state index in [9.17, 15) is 4.79 Å². The zero-order valence-electron chi connectivity index (χ0n) is 10.5. The summed E-state index contributed by atoms with van der Waals surface area (Å²) in [4.78, 5) is 16.0. The minimum absolute atomic E-state index is 0.243. The maximum atomic E-state index is 12.1. The number of carbonyl (C=O) groups is 1. The van der Waals surface area contributed by atoms with E-state index in [4.69, 9.17) is 11.6 Å². The molecule has 20 heavy (non-hydrogen) atoms. The van der Waals surface area contributed by atoms with Crippen LogP contribution in [0, 0.1) is 0 Å². The second-order valence-electron chi connectivity index (χ2n) is 4.37. The van der Waals surface area contributed by atoms with Crippen LogP contribution in [-0.4, -0.2) is 10.9 Å². The lowest BCUT2D eigenvalue weighted by Crippen LogP contribution is -2.12. The highest BCUT2D eigenvalue weighted by atomic mass is 35.5. The Labute approximate surface area is 121 Å². The molecule has 0 aliphatic heterocycles. The first-order chi connectivity index (χ1) is 9.74. The van der Waals surface area contributed by atoms with Gasteiger partial charge in [-0.3, -0.25) is 9.78 Å². The number of fused-ring (bicyclic) bond motifs is 1. The minimum Gasteiger partial charge on any atom is -0.322 e. The first-order valence-corrected chi connectivity index (χ1v) is 6.51. The molecule has 98 valence electrons. The van der Waals surface area contributed by atoms with Gasteiger partial charge in [-0.2, -0.15) is 0 Å². The molecule has 0 aliphatic carbocycles. The Morgan fingerprint density at radius 2 is 1.85 bits per heavy atom. The molecule has 3 rings (SSSR count). The molecule has 0 radical (unpaired) electrons. The normalized spacial score (nSPS) is 10.4. The summed E-state index contributed by atoms with van der Waals surface area (Å²) in [6.07, 6.45) is 3.00. The van der Waals surface area contributed by atoms with Gasteiger partial charge in [0.25, 0.3) is 5.91 Å². The van der Waals surface area contributed by atoms with Gasteiger partial charge in [-0.05, 0) is 29.0 Å². The molecule has 0 saturated carbocycles. The highest BCUT2D eigenvalue weighted by Gasteiger charge is 2.10. The molecule has 0 bridgehead atoms. The fraction of sp³-hybridized carbons (Fsp3) is 0. The standard InChI is InChI=1S/C16H11ClN2O/c17-15-10-18-8-7-14(15)16(20)19-13-6-5-11-3-1-2-4-12(11)9-13/h1-10H,(H,19,20). The van der Waals surface area contributed by atoms with Crippen molar-refractivity contribution in [2.75, 3.05) is 5.32 Å². The van der Waals surface area contributed by atoms with Crippen molar-refractivity contribution in [1.29, 1.82) is 0 Å². The number of benzene rings is 2. The van der Waals surface area contributed by atoms with Crippen molar-refractivity contribution in [2.45, 2.75) is 0 Å². The summed E-state index contributed by atoms with van der Waals surface area (Å²) in [5, 5.41) is 5.39. The van der Waals surface area contributed by atoms with Gasteiger partial charge >= 0.3 is 0 Å². The number of hydrogen-bond acceptors (Lipinski definition) is 2. The first kappa shape index (κ1) is 12.6. The third kappa shape index (κ3) is 2.49. The summed E-state index contributed by atoms with van der Waals surface area (Å²) in [5.74, 6) is -0.243. The molecular weight excluding hydrogens is 272 g/mol. The average molecular weight is 283 g/mol. The van der Waals surface area contributed by atoms with Crippen LogP contribution < -0.4 is 5.32 Å². The average Bonchev–Trinajstić information content (AvgIpc) is 2.47. The van der Waals surface area contributed by atoms with Gasteiger partial charge in [0.15, 0.2) is 0 Å². The molecule has 1 amide bonds. The number of hydrogen-bond donors (Lipinski definition) is 1. The molecule has 0 spiro atoms. The van der Waals surface area contributed by atoms with Crippen molar-refractivity contribution in [3.8, 4) is 0 Å². The molecule has 0 saturated heterocycles. The molecule has 0 fully saturated rings. The number of carbonyl (C=O) groups excluding carboxylic acids is 1. The van der Waals surface area contributed by atoms with Crippen LogP contribution >= 0.6 is 11.6 Å². The number of aromatic nitrogens is 1. The lowest BCUT2D eigenvalue weighted by Gasteiger charge is -2.07. The van der Waals surface area contributed by atoms with Crippen LogP contribution in [0.15, 0.2) is 60.9 Å². The molecule has 3 nitrogen and oxygen atoms in total. The number of halogens is 1. The smallest absolute Gasteiger partial charge is 0.257 e. The highest BCUT2D eigenvalue weighted by molar-refractivity contribution is 6.34. The van der Waals surface area contributed by atoms with Crippen LogP contribution in [0.1, 0.15) is 10.4 Å². The van der Waals surface area contributed by atoms with Crippen LogP contribution in [0.25, 0.3) is 10.8 Å². The number of rotatable bonds is 2. The molecule has 1 heterocycles. The molecule has 3 aromatic rings.